The van der Waals surface area contributed by atoms with E-state index in [-0.39, 0.29) is 49.0 Å². The molecule has 0 aliphatic carbocycles. The number of halogens is 2. The second-order valence-electron chi connectivity index (χ2n) is 6.50. The molecule has 28 heavy (non-hydrogen) atoms. The maximum Gasteiger partial charge on any atom is 0.311 e. The molecule has 0 spiro atoms. The first-order chi connectivity index (χ1) is 13.3. The summed E-state index contributed by atoms with van der Waals surface area (Å²) in [5.41, 5.74) is 0.524. The Morgan fingerprint density at radius 3 is 2.25 bits per heavy atom. The third kappa shape index (κ3) is 3.88. The zero-order valence-electron chi connectivity index (χ0n) is 15.1. The molecule has 3 rings (SSSR count). The van der Waals surface area contributed by atoms with Crippen LogP contribution in [0, 0.1) is 18.6 Å². The fourth-order valence-electron chi connectivity index (χ4n) is 3.16. The molecule has 1 aliphatic heterocycles. The maximum absolute atomic E-state index is 13.8. The first-order valence-electron chi connectivity index (χ1n) is 8.60. The Kier molecular flexibility index (Phi) is 5.43. The summed E-state index contributed by atoms with van der Waals surface area (Å²) >= 11 is 0. The van der Waals surface area contributed by atoms with Crippen LogP contribution < -0.4 is 0 Å². The lowest BCUT2D eigenvalue weighted by Gasteiger charge is -2.35. The van der Waals surface area contributed by atoms with Gasteiger partial charge >= 0.3 is 5.97 Å². The standard InChI is InChI=1S/C19H18F2N2O5/c1-11-10-28-15(9-16(24)25)17(11)19(27)23-6-4-22(5-7-23)18(26)13-3-2-12(20)8-14(13)21/h2-3,8,10H,4-7,9H2,1H3,(H,24,25). The van der Waals surface area contributed by atoms with Crippen LogP contribution in [-0.4, -0.2) is 58.9 Å². The van der Waals surface area contributed by atoms with Crippen molar-refractivity contribution in [2.45, 2.75) is 13.3 Å². The maximum atomic E-state index is 13.8. The minimum Gasteiger partial charge on any atom is -0.481 e. The number of hydrogen-bond donors (Lipinski definition) is 1. The number of carboxylic acids is 1. The van der Waals surface area contributed by atoms with Gasteiger partial charge in [0.15, 0.2) is 0 Å². The first-order valence-corrected chi connectivity index (χ1v) is 8.60. The van der Waals surface area contributed by atoms with Gasteiger partial charge in [0, 0.05) is 37.8 Å². The number of aryl methyl sites for hydroxylation is 1. The van der Waals surface area contributed by atoms with Gasteiger partial charge in [0.25, 0.3) is 11.8 Å². The Morgan fingerprint density at radius 2 is 1.68 bits per heavy atom. The van der Waals surface area contributed by atoms with Gasteiger partial charge in [0.1, 0.15) is 23.8 Å². The van der Waals surface area contributed by atoms with E-state index in [1.54, 1.807) is 6.92 Å². The van der Waals surface area contributed by atoms with Crippen LogP contribution in [0.1, 0.15) is 32.0 Å². The van der Waals surface area contributed by atoms with E-state index in [0.717, 1.165) is 12.1 Å². The van der Waals surface area contributed by atoms with Gasteiger partial charge in [-0.3, -0.25) is 14.4 Å². The average molecular weight is 392 g/mol. The van der Waals surface area contributed by atoms with Crippen molar-refractivity contribution in [1.82, 2.24) is 9.80 Å². The van der Waals surface area contributed by atoms with Crippen molar-refractivity contribution in [3.05, 3.63) is 58.5 Å². The SMILES string of the molecule is Cc1coc(CC(=O)O)c1C(=O)N1CCN(C(=O)c2ccc(F)cc2F)CC1. The predicted octanol–water partition coefficient (Wildman–Crippen LogP) is 2.09. The molecule has 1 saturated heterocycles. The highest BCUT2D eigenvalue weighted by Gasteiger charge is 2.30. The molecule has 0 radical (unpaired) electrons. The molecule has 1 aromatic heterocycles. The number of carbonyl (C=O) groups excluding carboxylic acids is 2. The number of rotatable bonds is 4. The van der Waals surface area contributed by atoms with Crippen molar-refractivity contribution in [2.75, 3.05) is 26.2 Å². The molecule has 1 aromatic carbocycles. The van der Waals surface area contributed by atoms with Crippen molar-refractivity contribution in [1.29, 1.82) is 0 Å². The minimum atomic E-state index is -1.11. The Bertz CT molecular complexity index is 932. The van der Waals surface area contributed by atoms with Crippen molar-refractivity contribution in [3.8, 4) is 0 Å². The van der Waals surface area contributed by atoms with Crippen LogP contribution in [-0.2, 0) is 11.2 Å². The normalized spacial score (nSPS) is 14.2. The molecule has 2 heterocycles. The summed E-state index contributed by atoms with van der Waals surface area (Å²) in [4.78, 5) is 39.1. The minimum absolute atomic E-state index is 0.0851. The van der Waals surface area contributed by atoms with Crippen molar-refractivity contribution < 1.29 is 32.7 Å². The first kappa shape index (κ1) is 19.5. The molecule has 1 fully saturated rings. The third-order valence-electron chi connectivity index (χ3n) is 4.59. The number of hydrogen-bond acceptors (Lipinski definition) is 4. The Morgan fingerprint density at radius 1 is 1.07 bits per heavy atom. The number of carboxylic acid groups (broad SMARTS) is 1. The zero-order valence-corrected chi connectivity index (χ0v) is 15.1. The molecular formula is C19H18F2N2O5. The molecule has 0 saturated carbocycles. The van der Waals surface area contributed by atoms with Crippen LogP contribution >= 0.6 is 0 Å². The lowest BCUT2D eigenvalue weighted by molar-refractivity contribution is -0.136. The monoisotopic (exact) mass is 392 g/mol. The van der Waals surface area contributed by atoms with Gasteiger partial charge in [-0.15, -0.1) is 0 Å². The Balaban J connectivity index is 1.69. The van der Waals surface area contributed by atoms with Crippen molar-refractivity contribution >= 4 is 17.8 Å². The van der Waals surface area contributed by atoms with Gasteiger partial charge in [-0.2, -0.15) is 0 Å². The number of nitrogens with zero attached hydrogens (tertiary/aromatic N) is 2. The Hall–Kier alpha value is -3.23. The van der Waals surface area contributed by atoms with E-state index < -0.39 is 29.9 Å². The summed E-state index contributed by atoms with van der Waals surface area (Å²) in [6, 6.07) is 2.76. The lowest BCUT2D eigenvalue weighted by atomic mass is 10.1. The molecule has 0 bridgehead atoms. The van der Waals surface area contributed by atoms with E-state index in [2.05, 4.69) is 0 Å². The fourth-order valence-corrected chi connectivity index (χ4v) is 3.16. The fraction of sp³-hybridized carbons (Fsp3) is 0.316. The average Bonchev–Trinajstić information content (AvgIpc) is 3.00. The largest absolute Gasteiger partial charge is 0.481 e. The number of amides is 2. The molecule has 0 atom stereocenters. The summed E-state index contributed by atoms with van der Waals surface area (Å²) in [5.74, 6) is -3.67. The second-order valence-corrected chi connectivity index (χ2v) is 6.50. The summed E-state index contributed by atoms with van der Waals surface area (Å²) in [6.07, 6.45) is 0.930. The Labute approximate surface area is 159 Å². The zero-order chi connectivity index (χ0) is 20.4. The molecule has 2 aromatic rings. The topological polar surface area (TPSA) is 91.1 Å². The van der Waals surface area contributed by atoms with Crippen LogP contribution in [0.5, 0.6) is 0 Å². The van der Waals surface area contributed by atoms with Crippen LogP contribution in [0.15, 0.2) is 28.9 Å². The number of furan rings is 1. The van der Waals surface area contributed by atoms with E-state index in [1.807, 2.05) is 0 Å². The summed E-state index contributed by atoms with van der Waals surface area (Å²) in [7, 11) is 0. The molecule has 2 amide bonds. The van der Waals surface area contributed by atoms with Crippen molar-refractivity contribution in [3.63, 3.8) is 0 Å². The molecule has 7 nitrogen and oxygen atoms in total. The van der Waals surface area contributed by atoms with E-state index in [9.17, 15) is 23.2 Å². The van der Waals surface area contributed by atoms with Crippen molar-refractivity contribution in [2.24, 2.45) is 0 Å². The van der Waals surface area contributed by atoms with Crippen LogP contribution in [0.2, 0.25) is 0 Å². The summed E-state index contributed by atoms with van der Waals surface area (Å²) < 4.78 is 32.0. The van der Waals surface area contributed by atoms with E-state index >= 15 is 0 Å². The molecule has 148 valence electrons. The number of carbonyl (C=O) groups is 3. The molecule has 1 N–H and O–H groups in total. The predicted molar refractivity (Wildman–Crippen MR) is 92.9 cm³/mol. The number of benzene rings is 1. The summed E-state index contributed by atoms with van der Waals surface area (Å²) in [5, 5.41) is 8.95. The van der Waals surface area contributed by atoms with E-state index in [0.29, 0.717) is 11.6 Å². The smallest absolute Gasteiger partial charge is 0.311 e. The lowest BCUT2D eigenvalue weighted by Crippen LogP contribution is -2.51. The molecular weight excluding hydrogens is 374 g/mol. The molecule has 9 heteroatoms. The molecule has 0 unspecified atom stereocenters. The van der Waals surface area contributed by atoms with E-state index in [4.69, 9.17) is 9.52 Å². The highest BCUT2D eigenvalue weighted by molar-refractivity contribution is 5.98. The van der Waals surface area contributed by atoms with Crippen LogP contribution in [0.25, 0.3) is 0 Å². The molecule has 1 aliphatic rings. The highest BCUT2D eigenvalue weighted by atomic mass is 19.1. The third-order valence-corrected chi connectivity index (χ3v) is 4.59. The summed E-state index contributed by atoms with van der Waals surface area (Å²) in [6.45, 7) is 2.40. The van der Waals surface area contributed by atoms with Gasteiger partial charge in [-0.25, -0.2) is 8.78 Å². The van der Waals surface area contributed by atoms with E-state index in [1.165, 1.54) is 16.1 Å². The van der Waals surface area contributed by atoms with Gasteiger partial charge in [-0.1, -0.05) is 0 Å². The highest BCUT2D eigenvalue weighted by Crippen LogP contribution is 2.21. The van der Waals surface area contributed by atoms with Crippen LogP contribution in [0.4, 0.5) is 8.78 Å². The second kappa shape index (κ2) is 7.79. The number of piperazine rings is 1. The van der Waals surface area contributed by atoms with Gasteiger partial charge in [-0.05, 0) is 19.1 Å². The van der Waals surface area contributed by atoms with Gasteiger partial charge in [0.2, 0.25) is 0 Å². The number of aliphatic carboxylic acids is 1. The van der Waals surface area contributed by atoms with Crippen LogP contribution in [0.3, 0.4) is 0 Å². The quantitative estimate of drug-likeness (QED) is 0.861. The van der Waals surface area contributed by atoms with Gasteiger partial charge in [0.05, 0.1) is 17.4 Å². The van der Waals surface area contributed by atoms with Gasteiger partial charge < -0.3 is 19.3 Å².